The summed E-state index contributed by atoms with van der Waals surface area (Å²) in [5.41, 5.74) is 0.0124. The normalized spacial score (nSPS) is 10.6. The lowest BCUT2D eigenvalue weighted by Gasteiger charge is -2.14. The van der Waals surface area contributed by atoms with Crippen LogP contribution in [0.5, 0.6) is 0 Å². The molecule has 8 nitrogen and oxygen atoms in total. The standard InChI is InChI=1S/C19H20N6O2/c1-23-17(15(12-20)18(26)24(2)19(23)27)22-9-8-16-21-10-11-25(16)13-14-6-4-3-5-7-14/h3-7,10-11,22H,8-9,13H2,1-2H3. The van der Waals surface area contributed by atoms with Gasteiger partial charge >= 0.3 is 5.69 Å². The second-order valence-electron chi connectivity index (χ2n) is 6.17. The van der Waals surface area contributed by atoms with Gasteiger partial charge in [-0.05, 0) is 5.56 Å². The molecule has 3 aromatic rings. The number of hydrogen-bond donors (Lipinski definition) is 1. The molecule has 2 heterocycles. The SMILES string of the molecule is Cn1c(NCCc2nccn2Cc2ccccc2)c(C#N)c(=O)n(C)c1=O. The lowest BCUT2D eigenvalue weighted by Crippen LogP contribution is -2.40. The van der Waals surface area contributed by atoms with Crippen molar-refractivity contribution in [1.82, 2.24) is 18.7 Å². The fourth-order valence-electron chi connectivity index (χ4n) is 2.94. The van der Waals surface area contributed by atoms with E-state index in [1.165, 1.54) is 24.2 Å². The zero-order chi connectivity index (χ0) is 19.4. The zero-order valence-corrected chi connectivity index (χ0v) is 15.2. The van der Waals surface area contributed by atoms with Crippen LogP contribution in [0.3, 0.4) is 0 Å². The van der Waals surface area contributed by atoms with E-state index in [4.69, 9.17) is 0 Å². The Morgan fingerprint density at radius 1 is 1.15 bits per heavy atom. The first-order chi connectivity index (χ1) is 13.0. The van der Waals surface area contributed by atoms with Gasteiger partial charge in [0.05, 0.1) is 0 Å². The fraction of sp³-hybridized carbons (Fsp3) is 0.263. The van der Waals surface area contributed by atoms with Crippen molar-refractivity contribution in [3.8, 4) is 6.07 Å². The molecule has 0 bridgehead atoms. The molecule has 0 atom stereocenters. The summed E-state index contributed by atoms with van der Waals surface area (Å²) in [5.74, 6) is 1.10. The molecular formula is C19H20N6O2. The highest BCUT2D eigenvalue weighted by atomic mass is 16.2. The Morgan fingerprint density at radius 3 is 2.59 bits per heavy atom. The molecule has 0 amide bonds. The Morgan fingerprint density at radius 2 is 1.89 bits per heavy atom. The smallest absolute Gasteiger partial charge is 0.332 e. The Labute approximate surface area is 155 Å². The minimum Gasteiger partial charge on any atom is -0.370 e. The van der Waals surface area contributed by atoms with E-state index in [1.807, 2.05) is 35.0 Å². The third-order valence-corrected chi connectivity index (χ3v) is 4.41. The first kappa shape index (κ1) is 18.2. The lowest BCUT2D eigenvalue weighted by atomic mass is 10.2. The van der Waals surface area contributed by atoms with E-state index in [0.29, 0.717) is 19.5 Å². The van der Waals surface area contributed by atoms with Crippen LogP contribution >= 0.6 is 0 Å². The number of nitrogens with zero attached hydrogens (tertiary/aromatic N) is 5. The highest BCUT2D eigenvalue weighted by Gasteiger charge is 2.15. The van der Waals surface area contributed by atoms with Crippen molar-refractivity contribution in [2.45, 2.75) is 13.0 Å². The molecule has 0 aliphatic rings. The molecule has 27 heavy (non-hydrogen) atoms. The maximum absolute atomic E-state index is 12.1. The molecule has 1 aromatic carbocycles. The van der Waals surface area contributed by atoms with Gasteiger partial charge in [0.1, 0.15) is 17.7 Å². The Bertz CT molecular complexity index is 1100. The number of nitrogens with one attached hydrogen (secondary N) is 1. The van der Waals surface area contributed by atoms with Crippen LogP contribution < -0.4 is 16.6 Å². The van der Waals surface area contributed by atoms with Gasteiger partial charge in [0.2, 0.25) is 0 Å². The monoisotopic (exact) mass is 364 g/mol. The molecule has 0 aliphatic heterocycles. The lowest BCUT2D eigenvalue weighted by molar-refractivity contribution is 0.681. The van der Waals surface area contributed by atoms with E-state index >= 15 is 0 Å². The van der Waals surface area contributed by atoms with E-state index in [-0.39, 0.29) is 11.4 Å². The third kappa shape index (κ3) is 3.67. The predicted octanol–water partition coefficient (Wildman–Crippen LogP) is 0.855. The van der Waals surface area contributed by atoms with Crippen LogP contribution in [0.4, 0.5) is 5.82 Å². The molecular weight excluding hydrogens is 344 g/mol. The maximum atomic E-state index is 12.1. The van der Waals surface area contributed by atoms with Crippen LogP contribution in [0.15, 0.2) is 52.3 Å². The minimum absolute atomic E-state index is 0.0766. The minimum atomic E-state index is -0.603. The van der Waals surface area contributed by atoms with Gasteiger partial charge in [0.25, 0.3) is 5.56 Å². The molecule has 0 spiro atoms. The highest BCUT2D eigenvalue weighted by molar-refractivity contribution is 5.51. The van der Waals surface area contributed by atoms with Gasteiger partial charge in [-0.2, -0.15) is 5.26 Å². The topological polar surface area (TPSA) is 97.6 Å². The second-order valence-corrected chi connectivity index (χ2v) is 6.17. The van der Waals surface area contributed by atoms with E-state index in [1.54, 1.807) is 6.20 Å². The Hall–Kier alpha value is -3.60. The number of hydrogen-bond acceptors (Lipinski definition) is 5. The van der Waals surface area contributed by atoms with Crippen LogP contribution in [0, 0.1) is 11.3 Å². The third-order valence-electron chi connectivity index (χ3n) is 4.41. The molecule has 0 unspecified atom stereocenters. The van der Waals surface area contributed by atoms with E-state index < -0.39 is 11.2 Å². The van der Waals surface area contributed by atoms with Gasteiger partial charge in [0.15, 0.2) is 5.56 Å². The van der Waals surface area contributed by atoms with Crippen molar-refractivity contribution < 1.29 is 0 Å². The first-order valence-corrected chi connectivity index (χ1v) is 8.51. The summed E-state index contributed by atoms with van der Waals surface area (Å²) >= 11 is 0. The molecule has 0 radical (unpaired) electrons. The maximum Gasteiger partial charge on any atom is 0.332 e. The molecule has 0 saturated carbocycles. The number of rotatable bonds is 6. The van der Waals surface area contributed by atoms with E-state index in [9.17, 15) is 14.9 Å². The van der Waals surface area contributed by atoms with Crippen molar-refractivity contribution in [2.75, 3.05) is 11.9 Å². The van der Waals surface area contributed by atoms with Gasteiger partial charge in [-0.25, -0.2) is 9.78 Å². The summed E-state index contributed by atoms with van der Waals surface area (Å²) in [4.78, 5) is 28.6. The molecule has 0 saturated heterocycles. The average molecular weight is 364 g/mol. The summed E-state index contributed by atoms with van der Waals surface area (Å²) in [6, 6.07) is 12.0. The average Bonchev–Trinajstić information content (AvgIpc) is 3.12. The molecule has 0 aliphatic carbocycles. The van der Waals surface area contributed by atoms with Crippen LogP contribution in [-0.4, -0.2) is 25.2 Å². The largest absolute Gasteiger partial charge is 0.370 e. The van der Waals surface area contributed by atoms with Crippen molar-refractivity contribution >= 4 is 5.82 Å². The summed E-state index contributed by atoms with van der Waals surface area (Å²) in [5, 5.41) is 12.3. The van der Waals surface area contributed by atoms with Crippen molar-refractivity contribution in [3.63, 3.8) is 0 Å². The van der Waals surface area contributed by atoms with E-state index in [0.717, 1.165) is 10.4 Å². The summed E-state index contributed by atoms with van der Waals surface area (Å²) in [7, 11) is 2.89. The molecule has 2 aromatic heterocycles. The predicted molar refractivity (Wildman–Crippen MR) is 102 cm³/mol. The zero-order valence-electron chi connectivity index (χ0n) is 15.2. The number of nitriles is 1. The summed E-state index contributed by atoms with van der Waals surface area (Å²) in [6.45, 7) is 1.14. The molecule has 1 N–H and O–H groups in total. The van der Waals surface area contributed by atoms with Crippen molar-refractivity contribution in [1.29, 1.82) is 5.26 Å². The highest BCUT2D eigenvalue weighted by Crippen LogP contribution is 2.09. The summed E-state index contributed by atoms with van der Waals surface area (Å²) < 4.78 is 4.25. The Kier molecular flexibility index (Phi) is 5.22. The van der Waals surface area contributed by atoms with Crippen LogP contribution in [0.25, 0.3) is 0 Å². The second kappa shape index (κ2) is 7.74. The van der Waals surface area contributed by atoms with Gasteiger partial charge in [-0.1, -0.05) is 30.3 Å². The van der Waals surface area contributed by atoms with Gasteiger partial charge in [-0.3, -0.25) is 13.9 Å². The van der Waals surface area contributed by atoms with Crippen LogP contribution in [-0.2, 0) is 27.1 Å². The van der Waals surface area contributed by atoms with Gasteiger partial charge < -0.3 is 9.88 Å². The van der Waals surface area contributed by atoms with Crippen LogP contribution in [0.2, 0.25) is 0 Å². The number of anilines is 1. The molecule has 0 fully saturated rings. The van der Waals surface area contributed by atoms with Gasteiger partial charge in [-0.15, -0.1) is 0 Å². The fourth-order valence-corrected chi connectivity index (χ4v) is 2.94. The molecule has 8 heteroatoms. The van der Waals surface area contributed by atoms with Crippen molar-refractivity contribution in [3.05, 3.63) is 80.5 Å². The summed E-state index contributed by atoms with van der Waals surface area (Å²) in [6.07, 6.45) is 4.23. The van der Waals surface area contributed by atoms with Crippen molar-refractivity contribution in [2.24, 2.45) is 14.1 Å². The first-order valence-electron chi connectivity index (χ1n) is 8.51. The van der Waals surface area contributed by atoms with E-state index in [2.05, 4.69) is 22.4 Å². The number of imidazole rings is 1. The number of aromatic nitrogens is 4. The van der Waals surface area contributed by atoms with Gasteiger partial charge in [0, 0.05) is 46.0 Å². The molecule has 3 rings (SSSR count). The van der Waals surface area contributed by atoms with Crippen LogP contribution in [0.1, 0.15) is 17.0 Å². The Balaban J connectivity index is 1.75. The molecule has 138 valence electrons. The number of benzene rings is 1. The quantitative estimate of drug-likeness (QED) is 0.699.